The van der Waals surface area contributed by atoms with E-state index in [1.807, 2.05) is 18.2 Å². The fourth-order valence-corrected chi connectivity index (χ4v) is 2.27. The summed E-state index contributed by atoms with van der Waals surface area (Å²) in [6.07, 6.45) is 1.72. The van der Waals surface area contributed by atoms with Crippen LogP contribution < -0.4 is 4.90 Å². The molecule has 0 saturated carbocycles. The van der Waals surface area contributed by atoms with E-state index in [0.717, 1.165) is 13.1 Å². The van der Waals surface area contributed by atoms with Gasteiger partial charge in [-0.1, -0.05) is 18.2 Å². The molecule has 0 radical (unpaired) electrons. The van der Waals surface area contributed by atoms with Gasteiger partial charge in [0.2, 0.25) is 5.91 Å². The topological polar surface area (TPSA) is 43.9 Å². The summed E-state index contributed by atoms with van der Waals surface area (Å²) in [6, 6.07) is 10.2. The molecule has 5 nitrogen and oxygen atoms in total. The Labute approximate surface area is 149 Å². The quantitative estimate of drug-likeness (QED) is 0.429. The molecule has 21 heavy (non-hydrogen) atoms. The average Bonchev–Trinajstić information content (AvgIpc) is 2.53. The summed E-state index contributed by atoms with van der Waals surface area (Å²) >= 11 is 0. The molecule has 1 saturated heterocycles. The number of hydrogen-bond donors (Lipinski definition) is 0. The standard InChI is InChI=1S/C15H19N3O2.U/c1-2-16(13-19)12-15(20)18-10-8-17(9-11-18)14-6-4-3-5-7-14;/h3-7H,1-2,8-12H2;/q-2;+2. The summed E-state index contributed by atoms with van der Waals surface area (Å²) in [5.41, 5.74) is 1.18. The Bertz CT molecular complexity index is 447. The van der Waals surface area contributed by atoms with E-state index in [1.54, 1.807) is 11.3 Å². The maximum absolute atomic E-state index is 12.0. The Morgan fingerprint density at radius 2 is 1.81 bits per heavy atom. The van der Waals surface area contributed by atoms with Crippen molar-refractivity contribution < 1.29 is 40.7 Å². The molecule has 0 N–H and O–H groups in total. The first-order chi connectivity index (χ1) is 9.74. The van der Waals surface area contributed by atoms with Crippen LogP contribution in [0.2, 0.25) is 0 Å². The summed E-state index contributed by atoms with van der Waals surface area (Å²) in [5.74, 6) is -0.0373. The molecule has 2 amide bonds. The normalized spacial score (nSPS) is 14.3. The molecule has 0 unspecified atom stereocenters. The zero-order chi connectivity index (χ0) is 14.4. The van der Waals surface area contributed by atoms with Crippen molar-refractivity contribution in [2.75, 3.05) is 44.2 Å². The number of carbonyl (C=O) groups is 1. The predicted molar refractivity (Wildman–Crippen MR) is 77.9 cm³/mol. The minimum absolute atomic E-state index is 0. The summed E-state index contributed by atoms with van der Waals surface area (Å²) < 4.78 is 0. The maximum atomic E-state index is 12.0. The van der Waals surface area contributed by atoms with Crippen molar-refractivity contribution in [2.45, 2.75) is 0 Å². The molecule has 2 rings (SSSR count). The fraction of sp³-hybridized carbons (Fsp3) is 0.400. The molecule has 1 heterocycles. The second kappa shape index (κ2) is 9.12. The summed E-state index contributed by atoms with van der Waals surface area (Å²) in [6.45, 7) is 6.90. The van der Waals surface area contributed by atoms with Crippen LogP contribution in [0.15, 0.2) is 30.3 Å². The third-order valence-corrected chi connectivity index (χ3v) is 3.48. The molecule has 6 heteroatoms. The van der Waals surface area contributed by atoms with Gasteiger partial charge in [-0.25, -0.2) is 0 Å². The van der Waals surface area contributed by atoms with Crippen LogP contribution in [0, 0.1) is 38.0 Å². The summed E-state index contributed by atoms with van der Waals surface area (Å²) in [4.78, 5) is 27.9. The Hall–Kier alpha value is -0.988. The van der Waals surface area contributed by atoms with Crippen molar-refractivity contribution in [3.8, 4) is 0 Å². The van der Waals surface area contributed by atoms with Crippen molar-refractivity contribution in [1.82, 2.24) is 9.80 Å². The van der Waals surface area contributed by atoms with E-state index in [-0.39, 0.29) is 50.1 Å². The molecule has 0 bridgehead atoms. The van der Waals surface area contributed by atoms with E-state index < -0.39 is 0 Å². The third kappa shape index (κ3) is 5.05. The fourth-order valence-electron chi connectivity index (χ4n) is 2.27. The minimum atomic E-state index is -0.0373. The van der Waals surface area contributed by atoms with Gasteiger partial charge in [-0.05, 0) is 12.1 Å². The molecule has 1 aromatic carbocycles. The molecule has 1 aliphatic rings. The van der Waals surface area contributed by atoms with Gasteiger partial charge in [0.15, 0.2) is 0 Å². The average molecular weight is 511 g/mol. The number of rotatable bonds is 5. The predicted octanol–water partition coefficient (Wildman–Crippen LogP) is 0.538. The van der Waals surface area contributed by atoms with Crippen LogP contribution in [0.4, 0.5) is 5.69 Å². The van der Waals surface area contributed by atoms with Crippen LogP contribution in [0.3, 0.4) is 0 Å². The van der Waals surface area contributed by atoms with Crippen LogP contribution in [-0.2, 0) is 9.59 Å². The Morgan fingerprint density at radius 1 is 1.19 bits per heavy atom. The molecular formula is C15H19N3O2U. The van der Waals surface area contributed by atoms with E-state index in [4.69, 9.17) is 0 Å². The zero-order valence-corrected chi connectivity index (χ0v) is 16.2. The van der Waals surface area contributed by atoms with E-state index in [1.165, 1.54) is 10.6 Å². The number of anilines is 1. The second-order valence-electron chi connectivity index (χ2n) is 4.72. The second-order valence-corrected chi connectivity index (χ2v) is 4.72. The molecule has 0 atom stereocenters. The molecule has 1 aliphatic heterocycles. The van der Waals surface area contributed by atoms with Crippen molar-refractivity contribution in [3.05, 3.63) is 37.3 Å². The zero-order valence-electron chi connectivity index (χ0n) is 12.0. The number of hydrogen-bond acceptors (Lipinski definition) is 3. The molecule has 1 aromatic rings. The van der Waals surface area contributed by atoms with Gasteiger partial charge < -0.3 is 26.4 Å². The first kappa shape index (κ1) is 18.1. The van der Waals surface area contributed by atoms with Gasteiger partial charge in [0.1, 0.15) is 0 Å². The number of carbonyl (C=O) groups excluding carboxylic acids is 2. The van der Waals surface area contributed by atoms with Crippen molar-refractivity contribution in [2.24, 2.45) is 0 Å². The first-order valence-electron chi connectivity index (χ1n) is 6.74. The van der Waals surface area contributed by atoms with E-state index >= 15 is 0 Å². The Kier molecular flexibility index (Phi) is 7.84. The van der Waals surface area contributed by atoms with Gasteiger partial charge in [0.05, 0.1) is 6.54 Å². The number of benzene rings is 1. The summed E-state index contributed by atoms with van der Waals surface area (Å²) in [5, 5.41) is 0. The van der Waals surface area contributed by atoms with Gasteiger partial charge in [0.25, 0.3) is 0 Å². The van der Waals surface area contributed by atoms with Crippen molar-refractivity contribution in [1.29, 1.82) is 0 Å². The van der Waals surface area contributed by atoms with Crippen LogP contribution in [0.1, 0.15) is 0 Å². The largest absolute Gasteiger partial charge is 2.00 e. The molecule has 0 aromatic heterocycles. The Balaban J connectivity index is 0.00000220. The SMILES string of the molecule is [CH2-]CN([C-]=O)CC(=O)N1CCN(c2ccccc2)CC1.[U+2]. The number of nitrogens with zero attached hydrogens (tertiary/aromatic N) is 3. The van der Waals surface area contributed by atoms with Gasteiger partial charge in [-0.15, -0.1) is 6.54 Å². The molecular weight excluding hydrogens is 492 g/mol. The molecule has 0 aliphatic carbocycles. The first-order valence-corrected chi connectivity index (χ1v) is 6.74. The van der Waals surface area contributed by atoms with Crippen LogP contribution in [-0.4, -0.2) is 61.4 Å². The van der Waals surface area contributed by atoms with Gasteiger partial charge in [0, 0.05) is 31.9 Å². The Morgan fingerprint density at radius 3 is 2.33 bits per heavy atom. The van der Waals surface area contributed by atoms with Crippen LogP contribution in [0.25, 0.3) is 0 Å². The summed E-state index contributed by atoms with van der Waals surface area (Å²) in [7, 11) is 0. The minimum Gasteiger partial charge on any atom is -0.535 e. The van der Waals surface area contributed by atoms with Crippen LogP contribution >= 0.6 is 0 Å². The number of amides is 2. The monoisotopic (exact) mass is 511 g/mol. The van der Waals surface area contributed by atoms with Gasteiger partial charge in [-0.2, -0.15) is 6.41 Å². The van der Waals surface area contributed by atoms with E-state index in [2.05, 4.69) is 24.0 Å². The number of piperazine rings is 1. The molecule has 1 fully saturated rings. The number of para-hydroxylation sites is 1. The van der Waals surface area contributed by atoms with Crippen LogP contribution in [0.5, 0.6) is 0 Å². The van der Waals surface area contributed by atoms with Gasteiger partial charge >= 0.3 is 31.1 Å². The molecule has 0 spiro atoms. The van der Waals surface area contributed by atoms with E-state index in [0.29, 0.717) is 13.1 Å². The smallest absolute Gasteiger partial charge is 0.535 e. The molecule has 110 valence electrons. The van der Waals surface area contributed by atoms with E-state index in [9.17, 15) is 9.59 Å². The van der Waals surface area contributed by atoms with Crippen molar-refractivity contribution in [3.63, 3.8) is 0 Å². The third-order valence-electron chi connectivity index (χ3n) is 3.48. The van der Waals surface area contributed by atoms with Gasteiger partial charge in [-0.3, -0.25) is 4.79 Å². The van der Waals surface area contributed by atoms with Crippen molar-refractivity contribution >= 4 is 18.0 Å². The maximum Gasteiger partial charge on any atom is 2.00 e.